The SMILES string of the molecule is CCCC(C#N)CC(=O)Nc1ccc(C(C)=O)cc1. The van der Waals surface area contributed by atoms with Crippen LogP contribution in [0.4, 0.5) is 5.69 Å². The van der Waals surface area contributed by atoms with E-state index in [1.807, 2.05) is 6.92 Å². The second-order valence-electron chi connectivity index (χ2n) is 4.50. The molecule has 1 atom stereocenters. The fourth-order valence-corrected chi connectivity index (χ4v) is 1.78. The summed E-state index contributed by atoms with van der Waals surface area (Å²) in [4.78, 5) is 22.9. The van der Waals surface area contributed by atoms with Crippen molar-refractivity contribution in [3.05, 3.63) is 29.8 Å². The molecule has 0 aromatic heterocycles. The number of benzene rings is 1. The second-order valence-corrected chi connectivity index (χ2v) is 4.50. The van der Waals surface area contributed by atoms with Gasteiger partial charge in [-0.25, -0.2) is 0 Å². The molecule has 4 heteroatoms. The normalized spacial score (nSPS) is 11.4. The van der Waals surface area contributed by atoms with Crippen LogP contribution in [-0.2, 0) is 4.79 Å². The summed E-state index contributed by atoms with van der Waals surface area (Å²) < 4.78 is 0. The first-order valence-corrected chi connectivity index (χ1v) is 6.37. The fraction of sp³-hybridized carbons (Fsp3) is 0.400. The average molecular weight is 258 g/mol. The summed E-state index contributed by atoms with van der Waals surface area (Å²) >= 11 is 0. The predicted octanol–water partition coefficient (Wildman–Crippen LogP) is 3.16. The average Bonchev–Trinajstić information content (AvgIpc) is 2.38. The topological polar surface area (TPSA) is 70.0 Å². The maximum atomic E-state index is 11.7. The van der Waals surface area contributed by atoms with Crippen LogP contribution in [0.5, 0.6) is 0 Å². The highest BCUT2D eigenvalue weighted by Gasteiger charge is 2.12. The van der Waals surface area contributed by atoms with Crippen molar-refractivity contribution in [2.75, 3.05) is 5.32 Å². The summed E-state index contributed by atoms with van der Waals surface area (Å²) in [5.74, 6) is -0.414. The van der Waals surface area contributed by atoms with Gasteiger partial charge in [-0.2, -0.15) is 5.26 Å². The molecule has 100 valence electrons. The van der Waals surface area contributed by atoms with Crippen molar-refractivity contribution in [2.45, 2.75) is 33.1 Å². The van der Waals surface area contributed by atoms with Gasteiger partial charge in [0.2, 0.25) is 5.91 Å². The van der Waals surface area contributed by atoms with E-state index in [1.54, 1.807) is 24.3 Å². The Labute approximate surface area is 113 Å². The van der Waals surface area contributed by atoms with Gasteiger partial charge >= 0.3 is 0 Å². The van der Waals surface area contributed by atoms with Gasteiger partial charge < -0.3 is 5.32 Å². The number of carbonyl (C=O) groups excluding carboxylic acids is 2. The molecule has 1 aromatic rings. The van der Waals surface area contributed by atoms with Crippen molar-refractivity contribution >= 4 is 17.4 Å². The number of rotatable bonds is 6. The monoisotopic (exact) mass is 258 g/mol. The molecule has 0 saturated heterocycles. The summed E-state index contributed by atoms with van der Waals surface area (Å²) in [5.41, 5.74) is 1.25. The Morgan fingerprint density at radius 3 is 2.42 bits per heavy atom. The number of nitrogens with one attached hydrogen (secondary N) is 1. The lowest BCUT2D eigenvalue weighted by atomic mass is 10.0. The van der Waals surface area contributed by atoms with E-state index in [9.17, 15) is 9.59 Å². The minimum absolute atomic E-state index is 0.00892. The number of anilines is 1. The predicted molar refractivity (Wildman–Crippen MR) is 73.7 cm³/mol. The summed E-state index contributed by atoms with van der Waals surface area (Å²) in [6.07, 6.45) is 1.82. The van der Waals surface area contributed by atoms with Gasteiger partial charge in [-0.1, -0.05) is 13.3 Å². The Bertz CT molecular complexity index is 486. The molecule has 0 heterocycles. The molecule has 0 radical (unpaired) electrons. The number of hydrogen-bond acceptors (Lipinski definition) is 3. The number of amides is 1. The Balaban J connectivity index is 2.57. The molecule has 0 saturated carbocycles. The van der Waals surface area contributed by atoms with Gasteiger partial charge in [0.25, 0.3) is 0 Å². The lowest BCUT2D eigenvalue weighted by Gasteiger charge is -2.08. The zero-order valence-corrected chi connectivity index (χ0v) is 11.3. The van der Waals surface area contributed by atoms with E-state index in [4.69, 9.17) is 5.26 Å². The fourth-order valence-electron chi connectivity index (χ4n) is 1.78. The summed E-state index contributed by atoms with van der Waals surface area (Å²) in [6, 6.07) is 8.86. The van der Waals surface area contributed by atoms with Crippen LogP contribution in [0.3, 0.4) is 0 Å². The van der Waals surface area contributed by atoms with E-state index in [-0.39, 0.29) is 24.0 Å². The highest BCUT2D eigenvalue weighted by molar-refractivity contribution is 5.95. The molecule has 0 aliphatic carbocycles. The maximum absolute atomic E-state index is 11.7. The lowest BCUT2D eigenvalue weighted by molar-refractivity contribution is -0.116. The quantitative estimate of drug-likeness (QED) is 0.797. The van der Waals surface area contributed by atoms with Crippen molar-refractivity contribution in [1.82, 2.24) is 0 Å². The van der Waals surface area contributed by atoms with Gasteiger partial charge in [-0.05, 0) is 37.6 Å². The first-order valence-electron chi connectivity index (χ1n) is 6.37. The Morgan fingerprint density at radius 1 is 1.32 bits per heavy atom. The van der Waals surface area contributed by atoms with Gasteiger partial charge in [-0.15, -0.1) is 0 Å². The van der Waals surface area contributed by atoms with E-state index >= 15 is 0 Å². The first kappa shape index (κ1) is 14.9. The number of ketones is 1. The van der Waals surface area contributed by atoms with Crippen molar-refractivity contribution < 1.29 is 9.59 Å². The molecule has 0 fully saturated rings. The van der Waals surface area contributed by atoms with Gasteiger partial charge in [0.1, 0.15) is 0 Å². The summed E-state index contributed by atoms with van der Waals surface area (Å²) in [7, 11) is 0. The van der Waals surface area contributed by atoms with Crippen LogP contribution < -0.4 is 5.32 Å². The van der Waals surface area contributed by atoms with Gasteiger partial charge in [0.15, 0.2) is 5.78 Å². The van der Waals surface area contributed by atoms with Crippen LogP contribution in [0.2, 0.25) is 0 Å². The summed E-state index contributed by atoms with van der Waals surface area (Å²) in [5, 5.41) is 11.6. The molecule has 1 aromatic carbocycles. The number of hydrogen-bond donors (Lipinski definition) is 1. The molecular weight excluding hydrogens is 240 g/mol. The minimum Gasteiger partial charge on any atom is -0.326 e. The Kier molecular flexibility index (Phi) is 5.74. The molecule has 1 amide bonds. The first-order chi connectivity index (χ1) is 9.06. The van der Waals surface area contributed by atoms with E-state index in [0.717, 1.165) is 12.8 Å². The van der Waals surface area contributed by atoms with Gasteiger partial charge in [-0.3, -0.25) is 9.59 Å². The van der Waals surface area contributed by atoms with Crippen LogP contribution in [0.15, 0.2) is 24.3 Å². The van der Waals surface area contributed by atoms with E-state index < -0.39 is 0 Å². The van der Waals surface area contributed by atoms with Crippen LogP contribution in [0, 0.1) is 17.2 Å². The van der Waals surface area contributed by atoms with Crippen LogP contribution in [0.25, 0.3) is 0 Å². The summed E-state index contributed by atoms with van der Waals surface area (Å²) in [6.45, 7) is 3.48. The molecule has 0 aliphatic rings. The Morgan fingerprint density at radius 2 is 1.95 bits per heavy atom. The zero-order chi connectivity index (χ0) is 14.3. The highest BCUT2D eigenvalue weighted by atomic mass is 16.1. The molecule has 19 heavy (non-hydrogen) atoms. The molecular formula is C15H18N2O2. The second kappa shape index (κ2) is 7.32. The van der Waals surface area contributed by atoms with E-state index in [1.165, 1.54) is 6.92 Å². The maximum Gasteiger partial charge on any atom is 0.225 e. The third-order valence-electron chi connectivity index (χ3n) is 2.83. The van der Waals surface area contributed by atoms with E-state index in [2.05, 4.69) is 11.4 Å². The standard InChI is InChI=1S/C15H18N2O2/c1-3-4-12(10-16)9-15(19)17-14-7-5-13(6-8-14)11(2)18/h5-8,12H,3-4,9H2,1-2H3,(H,17,19). The number of Topliss-reactive ketones (excluding diaryl/α,β-unsaturated/α-hetero) is 1. The van der Waals surface area contributed by atoms with Crippen LogP contribution in [0.1, 0.15) is 43.5 Å². The molecule has 4 nitrogen and oxygen atoms in total. The minimum atomic E-state index is -0.235. The third-order valence-corrected chi connectivity index (χ3v) is 2.83. The molecule has 0 bridgehead atoms. The molecule has 1 N–H and O–H groups in total. The number of carbonyl (C=O) groups is 2. The number of nitriles is 1. The van der Waals surface area contributed by atoms with Crippen LogP contribution >= 0.6 is 0 Å². The molecule has 0 spiro atoms. The van der Waals surface area contributed by atoms with E-state index in [0.29, 0.717) is 11.3 Å². The van der Waals surface area contributed by atoms with Crippen molar-refractivity contribution in [1.29, 1.82) is 5.26 Å². The van der Waals surface area contributed by atoms with Crippen molar-refractivity contribution in [3.63, 3.8) is 0 Å². The van der Waals surface area contributed by atoms with Crippen molar-refractivity contribution in [3.8, 4) is 6.07 Å². The highest BCUT2D eigenvalue weighted by Crippen LogP contribution is 2.14. The molecule has 1 rings (SSSR count). The van der Waals surface area contributed by atoms with Crippen LogP contribution in [-0.4, -0.2) is 11.7 Å². The van der Waals surface area contributed by atoms with Gasteiger partial charge in [0.05, 0.1) is 12.0 Å². The molecule has 0 aliphatic heterocycles. The van der Waals surface area contributed by atoms with Gasteiger partial charge in [0, 0.05) is 17.7 Å². The largest absolute Gasteiger partial charge is 0.326 e. The molecule has 1 unspecified atom stereocenters. The lowest BCUT2D eigenvalue weighted by Crippen LogP contribution is -2.15. The zero-order valence-electron chi connectivity index (χ0n) is 11.3. The smallest absolute Gasteiger partial charge is 0.225 e. The third kappa shape index (κ3) is 4.92. The Hall–Kier alpha value is -2.15. The van der Waals surface area contributed by atoms with Crippen molar-refractivity contribution in [2.24, 2.45) is 5.92 Å². The number of nitrogens with zero attached hydrogens (tertiary/aromatic N) is 1.